The quantitative estimate of drug-likeness (QED) is 0.896. The molecule has 0 aliphatic carbocycles. The molecule has 1 aliphatic rings. The number of likely N-dealkylation sites (tertiary alicyclic amines) is 1. The number of aliphatic hydroxyl groups excluding tert-OH is 1. The van der Waals surface area contributed by atoms with Crippen molar-refractivity contribution < 1.29 is 14.6 Å². The number of halogens is 1. The Bertz CT molecular complexity index is 516. The van der Waals surface area contributed by atoms with Crippen LogP contribution in [0.2, 0.25) is 5.02 Å². The van der Waals surface area contributed by atoms with E-state index in [-0.39, 0.29) is 12.0 Å². The number of methoxy groups -OCH3 is 1. The lowest BCUT2D eigenvalue weighted by Gasteiger charge is -2.31. The molecule has 0 radical (unpaired) electrons. The summed E-state index contributed by atoms with van der Waals surface area (Å²) >= 11 is 6.03. The van der Waals surface area contributed by atoms with E-state index in [1.165, 1.54) is 0 Å². The van der Waals surface area contributed by atoms with Crippen LogP contribution in [0.5, 0.6) is 5.75 Å². The zero-order valence-corrected chi connectivity index (χ0v) is 13.8. The van der Waals surface area contributed by atoms with Gasteiger partial charge < -0.3 is 14.7 Å². The number of aliphatic hydroxyl groups is 1. The molecular weight excluding hydrogens is 304 g/mol. The Hall–Kier alpha value is -1.30. The smallest absolute Gasteiger partial charge is 0.236 e. The Morgan fingerprint density at radius 3 is 2.77 bits per heavy atom. The van der Waals surface area contributed by atoms with Crippen LogP contribution in [0.3, 0.4) is 0 Å². The molecular formula is C16H23ClN2O3. The van der Waals surface area contributed by atoms with Gasteiger partial charge >= 0.3 is 0 Å². The molecule has 1 N–H and O–H groups in total. The molecule has 1 amide bonds. The van der Waals surface area contributed by atoms with Crippen molar-refractivity contribution in [3.8, 4) is 5.75 Å². The van der Waals surface area contributed by atoms with Crippen molar-refractivity contribution in [2.24, 2.45) is 0 Å². The van der Waals surface area contributed by atoms with Crippen LogP contribution in [0.25, 0.3) is 0 Å². The largest absolute Gasteiger partial charge is 0.496 e. The molecule has 0 atom stereocenters. The van der Waals surface area contributed by atoms with E-state index in [0.717, 1.165) is 11.3 Å². The maximum atomic E-state index is 12.3. The fourth-order valence-corrected chi connectivity index (χ4v) is 2.86. The Labute approximate surface area is 136 Å². The number of hydrogen-bond acceptors (Lipinski definition) is 4. The van der Waals surface area contributed by atoms with Crippen molar-refractivity contribution in [2.45, 2.75) is 25.5 Å². The van der Waals surface area contributed by atoms with Crippen LogP contribution in [-0.2, 0) is 11.3 Å². The number of likely N-dealkylation sites (N-methyl/N-ethyl adjacent to an activating group) is 1. The highest BCUT2D eigenvalue weighted by molar-refractivity contribution is 6.30. The summed E-state index contributed by atoms with van der Waals surface area (Å²) in [4.78, 5) is 16.0. The lowest BCUT2D eigenvalue weighted by Crippen LogP contribution is -2.44. The number of carbonyl (C=O) groups excluding carboxylic acids is 1. The Morgan fingerprint density at radius 2 is 2.14 bits per heavy atom. The van der Waals surface area contributed by atoms with Gasteiger partial charge in [0.1, 0.15) is 5.75 Å². The van der Waals surface area contributed by atoms with E-state index in [1.54, 1.807) is 13.2 Å². The number of rotatable bonds is 5. The minimum atomic E-state index is -0.266. The third-order valence-corrected chi connectivity index (χ3v) is 4.14. The summed E-state index contributed by atoms with van der Waals surface area (Å²) < 4.78 is 5.33. The van der Waals surface area contributed by atoms with Gasteiger partial charge in [0.2, 0.25) is 5.91 Å². The van der Waals surface area contributed by atoms with E-state index in [1.807, 2.05) is 29.0 Å². The first-order valence-electron chi connectivity index (χ1n) is 7.46. The molecule has 2 rings (SSSR count). The second-order valence-electron chi connectivity index (χ2n) is 5.74. The summed E-state index contributed by atoms with van der Waals surface area (Å²) in [5, 5.41) is 10.1. The molecule has 22 heavy (non-hydrogen) atoms. The highest BCUT2D eigenvalue weighted by Gasteiger charge is 2.22. The molecule has 1 aliphatic heterocycles. The molecule has 1 heterocycles. The average molecular weight is 327 g/mol. The molecule has 1 fully saturated rings. The van der Waals surface area contributed by atoms with Crippen LogP contribution < -0.4 is 4.74 Å². The fourth-order valence-electron chi connectivity index (χ4n) is 2.66. The van der Waals surface area contributed by atoms with Gasteiger partial charge in [-0.15, -0.1) is 0 Å². The Morgan fingerprint density at radius 1 is 1.45 bits per heavy atom. The molecule has 6 heteroatoms. The zero-order chi connectivity index (χ0) is 16.1. The zero-order valence-electron chi connectivity index (χ0n) is 13.1. The molecule has 0 bridgehead atoms. The van der Waals surface area contributed by atoms with E-state index in [4.69, 9.17) is 16.3 Å². The highest BCUT2D eigenvalue weighted by atomic mass is 35.5. The minimum absolute atomic E-state index is 0.0930. The topological polar surface area (TPSA) is 53.0 Å². The van der Waals surface area contributed by atoms with Crippen LogP contribution in [0.15, 0.2) is 18.2 Å². The van der Waals surface area contributed by atoms with Crippen molar-refractivity contribution in [2.75, 3.05) is 33.8 Å². The summed E-state index contributed by atoms with van der Waals surface area (Å²) in [5.74, 6) is 0.861. The van der Waals surface area contributed by atoms with Gasteiger partial charge in [-0.1, -0.05) is 11.6 Å². The van der Waals surface area contributed by atoms with E-state index < -0.39 is 0 Å². The second-order valence-corrected chi connectivity index (χ2v) is 6.18. The highest BCUT2D eigenvalue weighted by Crippen LogP contribution is 2.23. The van der Waals surface area contributed by atoms with Crippen molar-refractivity contribution in [1.29, 1.82) is 0 Å². The number of ether oxygens (including phenoxy) is 1. The van der Waals surface area contributed by atoms with Crippen LogP contribution >= 0.6 is 11.6 Å². The summed E-state index contributed by atoms with van der Waals surface area (Å²) in [6, 6.07) is 5.48. The van der Waals surface area contributed by atoms with Gasteiger partial charge in [0.25, 0.3) is 0 Å². The van der Waals surface area contributed by atoms with Crippen LogP contribution in [-0.4, -0.2) is 60.7 Å². The van der Waals surface area contributed by atoms with Gasteiger partial charge in [-0.05, 0) is 38.1 Å². The molecule has 0 unspecified atom stereocenters. The molecule has 0 saturated carbocycles. The van der Waals surface area contributed by atoms with Gasteiger partial charge in [-0.3, -0.25) is 9.69 Å². The lowest BCUT2D eigenvalue weighted by molar-refractivity contribution is -0.134. The lowest BCUT2D eigenvalue weighted by atomic mass is 10.1. The van der Waals surface area contributed by atoms with Gasteiger partial charge in [-0.25, -0.2) is 0 Å². The van der Waals surface area contributed by atoms with E-state index in [9.17, 15) is 9.90 Å². The van der Waals surface area contributed by atoms with Crippen LogP contribution in [0, 0.1) is 0 Å². The SMILES string of the molecule is COc1ccc(Cl)cc1CN(C)CC(=O)N1CCC(O)CC1. The first-order chi connectivity index (χ1) is 10.5. The van der Waals surface area contributed by atoms with E-state index in [2.05, 4.69) is 0 Å². The van der Waals surface area contributed by atoms with Crippen LogP contribution in [0.1, 0.15) is 18.4 Å². The first kappa shape index (κ1) is 17.1. The summed E-state index contributed by atoms with van der Waals surface area (Å²) in [6.07, 6.45) is 1.06. The number of piperidine rings is 1. The molecule has 0 spiro atoms. The molecule has 122 valence electrons. The number of nitrogens with zero attached hydrogens (tertiary/aromatic N) is 2. The van der Waals surface area contributed by atoms with Crippen molar-refractivity contribution in [3.63, 3.8) is 0 Å². The fraction of sp³-hybridized carbons (Fsp3) is 0.562. The molecule has 5 nitrogen and oxygen atoms in total. The molecule has 1 aromatic carbocycles. The number of carbonyl (C=O) groups is 1. The Kier molecular flexibility index (Phi) is 6.06. The second kappa shape index (κ2) is 7.81. The van der Waals surface area contributed by atoms with Gasteiger partial charge in [0, 0.05) is 30.2 Å². The van der Waals surface area contributed by atoms with Crippen molar-refractivity contribution in [3.05, 3.63) is 28.8 Å². The molecule has 0 aromatic heterocycles. The first-order valence-corrected chi connectivity index (χ1v) is 7.84. The van der Waals surface area contributed by atoms with E-state index >= 15 is 0 Å². The monoisotopic (exact) mass is 326 g/mol. The predicted molar refractivity (Wildman–Crippen MR) is 86.2 cm³/mol. The van der Waals surface area contributed by atoms with Gasteiger partial charge in [0.05, 0.1) is 19.8 Å². The number of amides is 1. The predicted octanol–water partition coefficient (Wildman–Crippen LogP) is 1.76. The maximum absolute atomic E-state index is 12.3. The summed E-state index contributed by atoms with van der Waals surface area (Å²) in [5.41, 5.74) is 0.958. The summed E-state index contributed by atoms with van der Waals surface area (Å²) in [7, 11) is 3.52. The molecule has 1 saturated heterocycles. The average Bonchev–Trinajstić information content (AvgIpc) is 2.48. The van der Waals surface area contributed by atoms with E-state index in [0.29, 0.717) is 44.0 Å². The normalized spacial score (nSPS) is 16.1. The van der Waals surface area contributed by atoms with Crippen LogP contribution in [0.4, 0.5) is 0 Å². The minimum Gasteiger partial charge on any atom is -0.496 e. The van der Waals surface area contributed by atoms with Gasteiger partial charge in [-0.2, -0.15) is 0 Å². The Balaban J connectivity index is 1.91. The third-order valence-electron chi connectivity index (χ3n) is 3.91. The standard InChI is InChI=1S/C16H23ClN2O3/c1-18(10-12-9-13(17)3-4-15(12)22-2)11-16(21)19-7-5-14(20)6-8-19/h3-4,9,14,20H,5-8,10-11H2,1-2H3. The maximum Gasteiger partial charge on any atom is 0.236 e. The number of benzene rings is 1. The molecule has 1 aromatic rings. The van der Waals surface area contributed by atoms with Crippen molar-refractivity contribution in [1.82, 2.24) is 9.80 Å². The summed E-state index contributed by atoms with van der Waals surface area (Å²) in [6.45, 7) is 2.19. The third kappa shape index (κ3) is 4.60. The van der Waals surface area contributed by atoms with Crippen molar-refractivity contribution >= 4 is 17.5 Å². The van der Waals surface area contributed by atoms with Gasteiger partial charge in [0.15, 0.2) is 0 Å². The number of hydrogen-bond donors (Lipinski definition) is 1.